The van der Waals surface area contributed by atoms with Crippen LogP contribution in [0.15, 0.2) is 70.1 Å². The van der Waals surface area contributed by atoms with E-state index in [1.807, 2.05) is 68.4 Å². The molecule has 1 aliphatic rings. The predicted molar refractivity (Wildman–Crippen MR) is 137 cm³/mol. The van der Waals surface area contributed by atoms with Gasteiger partial charge in [0.15, 0.2) is 11.5 Å². The van der Waals surface area contributed by atoms with Crippen LogP contribution in [0.25, 0.3) is 0 Å². The van der Waals surface area contributed by atoms with Crippen LogP contribution in [0.4, 0.5) is 0 Å². The van der Waals surface area contributed by atoms with Gasteiger partial charge in [-0.2, -0.15) is 0 Å². The fourth-order valence-corrected chi connectivity index (χ4v) is 4.67. The van der Waals surface area contributed by atoms with Gasteiger partial charge < -0.3 is 19.3 Å². The van der Waals surface area contributed by atoms with E-state index in [9.17, 15) is 5.11 Å². The molecule has 2 N–H and O–H groups in total. The van der Waals surface area contributed by atoms with Crippen molar-refractivity contribution >= 4 is 21.6 Å². The molecule has 0 saturated heterocycles. The Balaban J connectivity index is 1.74. The third kappa shape index (κ3) is 5.21. The third-order valence-corrected chi connectivity index (χ3v) is 6.36. The predicted octanol–water partition coefficient (Wildman–Crippen LogP) is 6.18. The second-order valence-corrected chi connectivity index (χ2v) is 8.73. The second kappa shape index (κ2) is 10.9. The Bertz CT molecular complexity index is 1160. The number of para-hydroxylation sites is 1. The van der Waals surface area contributed by atoms with Crippen molar-refractivity contribution in [2.24, 2.45) is 4.99 Å². The highest BCUT2D eigenvalue weighted by Crippen LogP contribution is 2.39. The van der Waals surface area contributed by atoms with Crippen molar-refractivity contribution in [3.05, 3.63) is 81.8 Å². The number of phenolic OH excluding ortho intramolecular Hbond substituents is 1. The van der Waals surface area contributed by atoms with E-state index in [1.165, 1.54) is 0 Å². The van der Waals surface area contributed by atoms with Gasteiger partial charge in [-0.25, -0.2) is 0 Å². The number of methoxy groups -OCH3 is 1. The lowest BCUT2D eigenvalue weighted by atomic mass is 9.93. The molecule has 0 saturated carbocycles. The number of rotatable bonds is 8. The van der Waals surface area contributed by atoms with Crippen molar-refractivity contribution in [1.82, 2.24) is 5.32 Å². The number of hydrogen-bond acceptors (Lipinski definition) is 6. The summed E-state index contributed by atoms with van der Waals surface area (Å²) in [5.41, 5.74) is 3.74. The van der Waals surface area contributed by atoms with Crippen LogP contribution in [0.5, 0.6) is 23.0 Å². The Morgan fingerprint density at radius 2 is 1.76 bits per heavy atom. The molecule has 0 unspecified atom stereocenters. The zero-order valence-corrected chi connectivity index (χ0v) is 21.1. The van der Waals surface area contributed by atoms with Gasteiger partial charge in [-0.3, -0.25) is 10.3 Å². The number of benzene rings is 3. The lowest BCUT2D eigenvalue weighted by Crippen LogP contribution is -2.33. The highest BCUT2D eigenvalue weighted by Gasteiger charge is 2.29. The average Bonchev–Trinajstić information content (AvgIpc) is 2.86. The minimum atomic E-state index is -0.308. The quantitative estimate of drug-likeness (QED) is 0.367. The number of halogens is 1. The van der Waals surface area contributed by atoms with Gasteiger partial charge in [0.1, 0.15) is 17.7 Å². The minimum absolute atomic E-state index is 0.157. The van der Waals surface area contributed by atoms with Gasteiger partial charge in [0.05, 0.1) is 24.8 Å². The molecular weight excluding hydrogens is 496 g/mol. The first kappa shape index (κ1) is 24.1. The number of nitrogens with zero attached hydrogens (tertiary/aromatic N) is 1. The summed E-state index contributed by atoms with van der Waals surface area (Å²) >= 11 is 3.58. The molecule has 1 heterocycles. The molecule has 0 bridgehead atoms. The van der Waals surface area contributed by atoms with E-state index in [1.54, 1.807) is 13.2 Å². The van der Waals surface area contributed by atoms with Gasteiger partial charge >= 0.3 is 0 Å². The monoisotopic (exact) mass is 524 g/mol. The molecule has 178 valence electrons. The topological polar surface area (TPSA) is 72.3 Å². The highest BCUT2D eigenvalue weighted by molar-refractivity contribution is 9.10. The van der Waals surface area contributed by atoms with Gasteiger partial charge in [0, 0.05) is 23.7 Å². The van der Waals surface area contributed by atoms with Gasteiger partial charge in [-0.15, -0.1) is 0 Å². The van der Waals surface area contributed by atoms with Crippen LogP contribution in [-0.4, -0.2) is 31.1 Å². The van der Waals surface area contributed by atoms with Crippen molar-refractivity contribution in [3.63, 3.8) is 0 Å². The number of hydrogen-bond donors (Lipinski definition) is 2. The van der Waals surface area contributed by atoms with Crippen LogP contribution in [0.3, 0.4) is 0 Å². The zero-order valence-electron chi connectivity index (χ0n) is 19.5. The van der Waals surface area contributed by atoms with E-state index in [0.717, 1.165) is 38.4 Å². The largest absolute Gasteiger partial charge is 0.504 e. The number of aromatic hydroxyl groups is 1. The lowest BCUT2D eigenvalue weighted by Gasteiger charge is -2.31. The first-order valence-corrected chi connectivity index (χ1v) is 12.2. The molecule has 0 fully saturated rings. The summed E-state index contributed by atoms with van der Waals surface area (Å²) in [5, 5.41) is 14.6. The van der Waals surface area contributed by atoms with Crippen molar-refractivity contribution in [3.8, 4) is 23.0 Å². The Hall–Kier alpha value is -3.03. The maximum absolute atomic E-state index is 10.9. The third-order valence-electron chi connectivity index (χ3n) is 5.74. The summed E-state index contributed by atoms with van der Waals surface area (Å²) in [6.45, 7) is 4.97. The van der Waals surface area contributed by atoms with Gasteiger partial charge in [0.2, 0.25) is 0 Å². The summed E-state index contributed by atoms with van der Waals surface area (Å²) in [5.74, 6) is 2.23. The molecule has 3 aromatic rings. The summed E-state index contributed by atoms with van der Waals surface area (Å²) < 4.78 is 17.5. The van der Waals surface area contributed by atoms with Crippen LogP contribution in [0, 0.1) is 0 Å². The van der Waals surface area contributed by atoms with E-state index < -0.39 is 0 Å². The van der Waals surface area contributed by atoms with E-state index in [2.05, 4.69) is 21.2 Å². The molecule has 4 rings (SSSR count). The summed E-state index contributed by atoms with van der Waals surface area (Å²) in [6, 6.07) is 19.4. The maximum atomic E-state index is 10.9. The summed E-state index contributed by atoms with van der Waals surface area (Å²) in [6.07, 6.45) is 0.308. The Morgan fingerprint density at radius 3 is 2.44 bits per heavy atom. The molecule has 34 heavy (non-hydrogen) atoms. The number of nitrogens with one attached hydrogen (secondary N) is 1. The molecule has 7 heteroatoms. The smallest absolute Gasteiger partial charge is 0.162 e. The average molecular weight is 525 g/mol. The SMILES string of the molecule is CCOc1ccc(C2=N[C@H](c3ccc(OC)c(Br)c3)N[C@@H](c3cccc(OCC)c3O)C2)cc1. The van der Waals surface area contributed by atoms with Crippen molar-refractivity contribution < 1.29 is 19.3 Å². The van der Waals surface area contributed by atoms with Crippen molar-refractivity contribution in [1.29, 1.82) is 0 Å². The minimum Gasteiger partial charge on any atom is -0.504 e. The second-order valence-electron chi connectivity index (χ2n) is 7.88. The fourth-order valence-electron chi connectivity index (χ4n) is 4.11. The Kier molecular flexibility index (Phi) is 7.75. The summed E-state index contributed by atoms with van der Waals surface area (Å²) in [7, 11) is 1.64. The van der Waals surface area contributed by atoms with E-state index >= 15 is 0 Å². The fraction of sp³-hybridized carbons (Fsp3) is 0.296. The Labute approximate surface area is 208 Å². The molecule has 1 aliphatic heterocycles. The van der Waals surface area contributed by atoms with Gasteiger partial charge in [0.25, 0.3) is 0 Å². The van der Waals surface area contributed by atoms with Crippen LogP contribution in [-0.2, 0) is 0 Å². The molecule has 0 aromatic heterocycles. The summed E-state index contributed by atoms with van der Waals surface area (Å²) in [4.78, 5) is 5.05. The maximum Gasteiger partial charge on any atom is 0.162 e. The standard InChI is InChI=1S/C27H29BrN2O4/c1-4-33-19-12-9-17(10-13-19)22-16-23(20-7-6-8-25(26(20)31)34-5-2)30-27(29-22)18-11-14-24(32-3)21(28)15-18/h6-15,23,27,30-31H,4-5,16H2,1-3H3/t23-,27+/m1/s1. The molecule has 0 radical (unpaired) electrons. The number of phenols is 1. The molecule has 0 spiro atoms. The molecule has 6 nitrogen and oxygen atoms in total. The molecular formula is C27H29BrN2O4. The highest BCUT2D eigenvalue weighted by atomic mass is 79.9. The molecule has 2 atom stereocenters. The number of aliphatic imine (C=N–C) groups is 1. The zero-order chi connectivity index (χ0) is 24.1. The van der Waals surface area contributed by atoms with Gasteiger partial charge in [-0.05, 0) is 83.4 Å². The van der Waals surface area contributed by atoms with Crippen molar-refractivity contribution in [2.75, 3.05) is 20.3 Å². The van der Waals surface area contributed by atoms with Crippen LogP contribution < -0.4 is 19.5 Å². The first-order chi connectivity index (χ1) is 16.5. The van der Waals surface area contributed by atoms with E-state index in [4.69, 9.17) is 19.2 Å². The normalized spacial score (nSPS) is 17.7. The first-order valence-electron chi connectivity index (χ1n) is 11.4. The lowest BCUT2D eigenvalue weighted by molar-refractivity contribution is 0.313. The number of ether oxygens (including phenoxy) is 3. The van der Waals surface area contributed by atoms with Crippen LogP contribution in [0.1, 0.15) is 49.2 Å². The molecule has 3 aromatic carbocycles. The van der Waals surface area contributed by atoms with Crippen molar-refractivity contribution in [2.45, 2.75) is 32.5 Å². The Morgan fingerprint density at radius 1 is 1.00 bits per heavy atom. The molecule has 0 aliphatic carbocycles. The van der Waals surface area contributed by atoms with E-state index in [0.29, 0.717) is 25.4 Å². The molecule has 0 amide bonds. The van der Waals surface area contributed by atoms with Gasteiger partial charge in [-0.1, -0.05) is 18.2 Å². The van der Waals surface area contributed by atoms with Crippen LogP contribution >= 0.6 is 15.9 Å². The van der Waals surface area contributed by atoms with Crippen LogP contribution in [0.2, 0.25) is 0 Å². The van der Waals surface area contributed by atoms with E-state index in [-0.39, 0.29) is 18.0 Å².